The molecule has 142 valence electrons. The average Bonchev–Trinajstić information content (AvgIpc) is 2.56. The van der Waals surface area contributed by atoms with Crippen molar-refractivity contribution in [1.29, 1.82) is 0 Å². The fraction of sp³-hybridized carbons (Fsp3) is 0.222. The van der Waals surface area contributed by atoms with Crippen LogP contribution in [0.25, 0.3) is 0 Å². The van der Waals surface area contributed by atoms with E-state index in [-0.39, 0.29) is 17.1 Å². The highest BCUT2D eigenvalue weighted by Gasteiger charge is 2.32. The van der Waals surface area contributed by atoms with Crippen LogP contribution in [0.1, 0.15) is 17.5 Å². The standard InChI is InChI=1S/C18H14ClF3N2O3/c1-9-2-5-14-13(6-9)24-17(26)15(27-14)8-16(25)23-12-7-10(18(20,21)22)3-4-11(12)19/h2-7,15H,8H2,1H3,(H,23,25)(H,24,26). The Balaban J connectivity index is 1.71. The molecule has 1 aliphatic heterocycles. The highest BCUT2D eigenvalue weighted by atomic mass is 35.5. The molecule has 0 aromatic heterocycles. The summed E-state index contributed by atoms with van der Waals surface area (Å²) in [4.78, 5) is 24.3. The Labute approximate surface area is 157 Å². The fourth-order valence-electron chi connectivity index (χ4n) is 2.57. The molecular formula is C18H14ClF3N2O3. The van der Waals surface area contributed by atoms with Crippen molar-refractivity contribution in [2.45, 2.75) is 25.6 Å². The van der Waals surface area contributed by atoms with Crippen molar-refractivity contribution >= 4 is 34.8 Å². The maximum absolute atomic E-state index is 12.8. The molecule has 1 heterocycles. The molecule has 3 rings (SSSR count). The van der Waals surface area contributed by atoms with Gasteiger partial charge in [0.2, 0.25) is 5.91 Å². The number of rotatable bonds is 3. The molecule has 2 aromatic carbocycles. The number of fused-ring (bicyclic) bond motifs is 1. The monoisotopic (exact) mass is 398 g/mol. The zero-order valence-corrected chi connectivity index (χ0v) is 14.7. The normalized spacial score (nSPS) is 16.2. The third-order valence-electron chi connectivity index (χ3n) is 3.89. The van der Waals surface area contributed by atoms with E-state index in [1.54, 1.807) is 18.2 Å². The number of carbonyl (C=O) groups is 2. The van der Waals surface area contributed by atoms with Gasteiger partial charge < -0.3 is 15.4 Å². The van der Waals surface area contributed by atoms with Crippen molar-refractivity contribution in [1.82, 2.24) is 0 Å². The second-order valence-corrected chi connectivity index (χ2v) is 6.45. The molecule has 2 amide bonds. The van der Waals surface area contributed by atoms with Crippen LogP contribution in [-0.2, 0) is 15.8 Å². The van der Waals surface area contributed by atoms with Crippen molar-refractivity contribution in [3.05, 3.63) is 52.5 Å². The van der Waals surface area contributed by atoms with Crippen LogP contribution in [0.2, 0.25) is 5.02 Å². The molecule has 2 N–H and O–H groups in total. The first-order valence-electron chi connectivity index (χ1n) is 7.88. The van der Waals surface area contributed by atoms with Crippen LogP contribution in [0.5, 0.6) is 5.75 Å². The number of anilines is 2. The van der Waals surface area contributed by atoms with E-state index in [0.29, 0.717) is 11.4 Å². The van der Waals surface area contributed by atoms with E-state index in [1.807, 2.05) is 6.92 Å². The van der Waals surface area contributed by atoms with E-state index in [2.05, 4.69) is 10.6 Å². The highest BCUT2D eigenvalue weighted by molar-refractivity contribution is 6.33. The number of ether oxygens (including phenoxy) is 1. The molecule has 0 saturated carbocycles. The summed E-state index contributed by atoms with van der Waals surface area (Å²) in [5.74, 6) is -0.805. The van der Waals surface area contributed by atoms with Gasteiger partial charge >= 0.3 is 6.18 Å². The van der Waals surface area contributed by atoms with Crippen LogP contribution in [0, 0.1) is 6.92 Å². The minimum Gasteiger partial charge on any atom is -0.478 e. The molecule has 1 unspecified atom stereocenters. The number of amides is 2. The first-order valence-corrected chi connectivity index (χ1v) is 8.26. The molecule has 0 aliphatic carbocycles. The van der Waals surface area contributed by atoms with Gasteiger partial charge in [-0.1, -0.05) is 17.7 Å². The maximum Gasteiger partial charge on any atom is 0.416 e. The molecule has 0 spiro atoms. The van der Waals surface area contributed by atoms with Gasteiger partial charge in [0.05, 0.1) is 28.4 Å². The van der Waals surface area contributed by atoms with E-state index in [0.717, 1.165) is 23.8 Å². The summed E-state index contributed by atoms with van der Waals surface area (Å²) in [6.45, 7) is 1.85. The predicted octanol–water partition coefficient (Wildman–Crippen LogP) is 4.40. The summed E-state index contributed by atoms with van der Waals surface area (Å²) in [5, 5.41) is 4.88. The number of nitrogens with one attached hydrogen (secondary N) is 2. The van der Waals surface area contributed by atoms with Crippen molar-refractivity contribution < 1.29 is 27.5 Å². The number of hydrogen-bond donors (Lipinski definition) is 2. The summed E-state index contributed by atoms with van der Waals surface area (Å²) in [5.41, 5.74) is 0.285. The molecule has 2 aromatic rings. The smallest absolute Gasteiger partial charge is 0.416 e. The Morgan fingerprint density at radius 1 is 1.26 bits per heavy atom. The van der Waals surface area contributed by atoms with E-state index in [4.69, 9.17) is 16.3 Å². The lowest BCUT2D eigenvalue weighted by molar-refractivity contribution is -0.137. The van der Waals surface area contributed by atoms with Crippen LogP contribution in [0.15, 0.2) is 36.4 Å². The molecule has 1 aliphatic rings. The van der Waals surface area contributed by atoms with Crippen LogP contribution in [-0.4, -0.2) is 17.9 Å². The molecule has 0 fully saturated rings. The summed E-state index contributed by atoms with van der Waals surface area (Å²) in [7, 11) is 0. The molecule has 27 heavy (non-hydrogen) atoms. The molecule has 1 atom stereocenters. The predicted molar refractivity (Wildman–Crippen MR) is 93.9 cm³/mol. The van der Waals surface area contributed by atoms with Gasteiger partial charge in [-0.3, -0.25) is 9.59 Å². The second kappa shape index (κ2) is 7.11. The fourth-order valence-corrected chi connectivity index (χ4v) is 2.73. The van der Waals surface area contributed by atoms with Gasteiger partial charge in [-0.05, 0) is 42.8 Å². The third-order valence-corrected chi connectivity index (χ3v) is 4.22. The van der Waals surface area contributed by atoms with Crippen molar-refractivity contribution in [3.8, 4) is 5.75 Å². The highest BCUT2D eigenvalue weighted by Crippen LogP contribution is 2.34. The van der Waals surface area contributed by atoms with Crippen LogP contribution in [0.3, 0.4) is 0 Å². The lowest BCUT2D eigenvalue weighted by Gasteiger charge is -2.25. The van der Waals surface area contributed by atoms with Gasteiger partial charge in [0, 0.05) is 0 Å². The lowest BCUT2D eigenvalue weighted by atomic mass is 10.1. The van der Waals surface area contributed by atoms with E-state index in [1.165, 1.54) is 0 Å². The van der Waals surface area contributed by atoms with Crippen LogP contribution in [0.4, 0.5) is 24.5 Å². The second-order valence-electron chi connectivity index (χ2n) is 6.04. The Morgan fingerprint density at radius 3 is 2.70 bits per heavy atom. The van der Waals surface area contributed by atoms with Gasteiger partial charge in [0.25, 0.3) is 5.91 Å². The number of carbonyl (C=O) groups excluding carboxylic acids is 2. The molecule has 0 bridgehead atoms. The first kappa shape index (κ1) is 19.0. The molecule has 0 radical (unpaired) electrons. The van der Waals surface area contributed by atoms with E-state index < -0.39 is 29.7 Å². The van der Waals surface area contributed by atoms with E-state index in [9.17, 15) is 22.8 Å². The Hall–Kier alpha value is -2.74. The number of halogens is 4. The quantitative estimate of drug-likeness (QED) is 0.805. The molecule has 9 heteroatoms. The van der Waals surface area contributed by atoms with Gasteiger partial charge in [0.1, 0.15) is 5.75 Å². The largest absolute Gasteiger partial charge is 0.478 e. The zero-order valence-electron chi connectivity index (χ0n) is 14.0. The Kier molecular flexibility index (Phi) is 5.01. The van der Waals surface area contributed by atoms with Gasteiger partial charge in [0.15, 0.2) is 6.10 Å². The van der Waals surface area contributed by atoms with Crippen LogP contribution >= 0.6 is 11.6 Å². The summed E-state index contributed by atoms with van der Waals surface area (Å²) >= 11 is 5.85. The minimum absolute atomic E-state index is 0.0498. The van der Waals surface area contributed by atoms with Gasteiger partial charge in [-0.2, -0.15) is 13.2 Å². The Bertz CT molecular complexity index is 915. The zero-order chi connectivity index (χ0) is 19.8. The number of benzene rings is 2. The molecule has 0 saturated heterocycles. The summed E-state index contributed by atoms with van der Waals surface area (Å²) in [6.07, 6.45) is -6.06. The maximum atomic E-state index is 12.8. The minimum atomic E-state index is -4.57. The lowest BCUT2D eigenvalue weighted by Crippen LogP contribution is -2.39. The summed E-state index contributed by atoms with van der Waals surface area (Å²) in [6, 6.07) is 7.78. The van der Waals surface area contributed by atoms with Crippen LogP contribution < -0.4 is 15.4 Å². The number of aryl methyl sites for hydroxylation is 1. The van der Waals surface area contributed by atoms with Gasteiger partial charge in [-0.15, -0.1) is 0 Å². The Morgan fingerprint density at radius 2 is 2.00 bits per heavy atom. The number of alkyl halides is 3. The first-order chi connectivity index (χ1) is 12.6. The van der Waals surface area contributed by atoms with Gasteiger partial charge in [-0.25, -0.2) is 0 Å². The summed E-state index contributed by atoms with van der Waals surface area (Å²) < 4.78 is 43.9. The molecular weight excluding hydrogens is 385 g/mol. The third kappa shape index (κ3) is 4.33. The van der Waals surface area contributed by atoms with Crippen molar-refractivity contribution in [3.63, 3.8) is 0 Å². The average molecular weight is 399 g/mol. The van der Waals surface area contributed by atoms with E-state index >= 15 is 0 Å². The SMILES string of the molecule is Cc1ccc2c(c1)NC(=O)C(CC(=O)Nc1cc(C(F)(F)F)ccc1Cl)O2. The topological polar surface area (TPSA) is 67.4 Å². The van der Waals surface area contributed by atoms with Crippen molar-refractivity contribution in [2.75, 3.05) is 10.6 Å². The van der Waals surface area contributed by atoms with Crippen molar-refractivity contribution in [2.24, 2.45) is 0 Å². The molecule has 5 nitrogen and oxygen atoms in total. The number of hydrogen-bond acceptors (Lipinski definition) is 3.